The van der Waals surface area contributed by atoms with Crippen LogP contribution in [0.5, 0.6) is 0 Å². The molecule has 0 bridgehead atoms. The first-order chi connectivity index (χ1) is 15.0. The highest BCUT2D eigenvalue weighted by Gasteiger charge is 2.22. The van der Waals surface area contributed by atoms with Crippen molar-refractivity contribution in [1.82, 2.24) is 0 Å². The fraction of sp³-hybridized carbons (Fsp3) is 0.333. The Morgan fingerprint density at radius 1 is 0.613 bits per heavy atom. The van der Waals surface area contributed by atoms with Crippen molar-refractivity contribution in [3.63, 3.8) is 0 Å². The number of benzene rings is 3. The number of hydrogen-bond donors (Lipinski definition) is 0. The second-order valence-corrected chi connectivity index (χ2v) is 9.31. The van der Waals surface area contributed by atoms with Crippen LogP contribution >= 0.6 is 31.9 Å². The van der Waals surface area contributed by atoms with Crippen LogP contribution in [-0.4, -0.2) is 26.2 Å². The van der Waals surface area contributed by atoms with Crippen LogP contribution in [0.2, 0.25) is 0 Å². The summed E-state index contributed by atoms with van der Waals surface area (Å²) in [6.07, 6.45) is 0. The van der Waals surface area contributed by atoms with Gasteiger partial charge in [-0.1, -0.05) is 74.3 Å². The van der Waals surface area contributed by atoms with E-state index in [0.29, 0.717) is 0 Å². The lowest BCUT2D eigenvalue weighted by Gasteiger charge is -2.26. The van der Waals surface area contributed by atoms with Gasteiger partial charge in [0, 0.05) is 52.4 Å². The molecule has 3 aromatic carbocycles. The molecule has 0 aromatic heterocycles. The van der Waals surface area contributed by atoms with Gasteiger partial charge in [0.25, 0.3) is 0 Å². The Balaban J connectivity index is 2.11. The molecule has 3 aromatic rings. The molecule has 0 spiro atoms. The Morgan fingerprint density at radius 3 is 1.39 bits per heavy atom. The minimum Gasteiger partial charge on any atom is -0.372 e. The maximum Gasteiger partial charge on any atom is 0.0377 e. The van der Waals surface area contributed by atoms with E-state index in [4.69, 9.17) is 0 Å². The number of nitrogens with zero attached hydrogens (tertiary/aromatic N) is 2. The predicted molar refractivity (Wildman–Crippen MR) is 143 cm³/mol. The third-order valence-electron chi connectivity index (χ3n) is 5.98. The van der Waals surface area contributed by atoms with Gasteiger partial charge in [-0.2, -0.15) is 0 Å². The molecule has 0 heterocycles. The monoisotopic (exact) mass is 542 g/mol. The summed E-state index contributed by atoms with van der Waals surface area (Å²) in [5.74, 6) is 0.140. The summed E-state index contributed by atoms with van der Waals surface area (Å²) < 4.78 is 2.29. The van der Waals surface area contributed by atoms with E-state index in [9.17, 15) is 0 Å². The topological polar surface area (TPSA) is 6.48 Å². The van der Waals surface area contributed by atoms with Crippen LogP contribution in [0.1, 0.15) is 50.3 Å². The Morgan fingerprint density at radius 2 is 1.03 bits per heavy atom. The molecule has 31 heavy (non-hydrogen) atoms. The third kappa shape index (κ3) is 5.35. The molecule has 0 N–H and O–H groups in total. The lowest BCUT2D eigenvalue weighted by Crippen LogP contribution is -2.22. The van der Waals surface area contributed by atoms with Gasteiger partial charge in [0.2, 0.25) is 0 Å². The second-order valence-electron chi connectivity index (χ2n) is 7.60. The minimum atomic E-state index is 0.140. The Labute approximate surface area is 204 Å². The maximum absolute atomic E-state index is 3.90. The van der Waals surface area contributed by atoms with Gasteiger partial charge in [-0.3, -0.25) is 0 Å². The van der Waals surface area contributed by atoms with Crippen molar-refractivity contribution in [2.24, 2.45) is 0 Å². The molecule has 0 atom stereocenters. The molecule has 0 unspecified atom stereocenters. The van der Waals surface area contributed by atoms with Crippen LogP contribution < -0.4 is 9.80 Å². The molecule has 0 radical (unpaired) electrons. The van der Waals surface area contributed by atoms with E-state index in [-0.39, 0.29) is 5.92 Å². The van der Waals surface area contributed by atoms with Gasteiger partial charge < -0.3 is 9.80 Å². The molecular weight excluding hydrogens is 512 g/mol. The predicted octanol–water partition coefficient (Wildman–Crippen LogP) is 8.08. The van der Waals surface area contributed by atoms with Crippen LogP contribution in [0.3, 0.4) is 0 Å². The van der Waals surface area contributed by atoms with Crippen molar-refractivity contribution in [3.8, 4) is 0 Å². The van der Waals surface area contributed by atoms with Crippen LogP contribution in [0.15, 0.2) is 75.7 Å². The molecule has 0 saturated heterocycles. The van der Waals surface area contributed by atoms with E-state index in [2.05, 4.69) is 136 Å². The zero-order valence-corrected chi connectivity index (χ0v) is 22.1. The van der Waals surface area contributed by atoms with Crippen molar-refractivity contribution < 1.29 is 0 Å². The van der Waals surface area contributed by atoms with Gasteiger partial charge in [0.05, 0.1) is 0 Å². The molecule has 2 nitrogen and oxygen atoms in total. The lowest BCUT2D eigenvalue weighted by atomic mass is 9.85. The number of halogens is 2. The highest BCUT2D eigenvalue weighted by Crippen LogP contribution is 2.41. The normalized spacial score (nSPS) is 11.1. The van der Waals surface area contributed by atoms with Crippen molar-refractivity contribution >= 4 is 43.2 Å². The summed E-state index contributed by atoms with van der Waals surface area (Å²) in [6.45, 7) is 12.8. The Kier molecular flexibility index (Phi) is 8.62. The quantitative estimate of drug-likeness (QED) is 0.251. The van der Waals surface area contributed by atoms with Gasteiger partial charge >= 0.3 is 0 Å². The van der Waals surface area contributed by atoms with Crippen LogP contribution in [0.25, 0.3) is 0 Å². The van der Waals surface area contributed by atoms with E-state index < -0.39 is 0 Å². The largest absolute Gasteiger partial charge is 0.372 e. The molecule has 3 rings (SSSR count). The fourth-order valence-electron chi connectivity index (χ4n) is 4.24. The van der Waals surface area contributed by atoms with E-state index in [0.717, 1.165) is 35.1 Å². The molecule has 0 aliphatic heterocycles. The minimum absolute atomic E-state index is 0.140. The molecule has 0 amide bonds. The summed E-state index contributed by atoms with van der Waals surface area (Å²) >= 11 is 7.81. The van der Waals surface area contributed by atoms with E-state index >= 15 is 0 Å². The Bertz CT molecular complexity index is 918. The third-order valence-corrected chi connectivity index (χ3v) is 7.35. The molecule has 4 heteroatoms. The summed E-state index contributed by atoms with van der Waals surface area (Å²) in [5.41, 5.74) is 6.35. The first kappa shape index (κ1) is 23.9. The summed E-state index contributed by atoms with van der Waals surface area (Å²) in [4.78, 5) is 4.75. The van der Waals surface area contributed by atoms with Crippen LogP contribution in [-0.2, 0) is 0 Å². The number of anilines is 2. The Hall–Kier alpha value is -1.78. The first-order valence-corrected chi connectivity index (χ1v) is 12.8. The molecule has 0 fully saturated rings. The zero-order valence-electron chi connectivity index (χ0n) is 18.9. The van der Waals surface area contributed by atoms with Gasteiger partial charge in [-0.15, -0.1) is 0 Å². The highest BCUT2D eigenvalue weighted by molar-refractivity contribution is 9.10. The fourth-order valence-corrected chi connectivity index (χ4v) is 5.43. The van der Waals surface area contributed by atoms with E-state index in [1.807, 2.05) is 0 Å². The van der Waals surface area contributed by atoms with Crippen LogP contribution in [0.4, 0.5) is 11.4 Å². The van der Waals surface area contributed by atoms with Gasteiger partial charge in [0.1, 0.15) is 0 Å². The summed E-state index contributed by atoms with van der Waals surface area (Å²) in [5, 5.41) is 0. The zero-order chi connectivity index (χ0) is 22.4. The van der Waals surface area contributed by atoms with Gasteiger partial charge in [-0.25, -0.2) is 0 Å². The standard InChI is InChI=1S/C27H32Br2N2/c1-5-30(6-2)21-14-16-23(25(28)18-21)27(20-12-10-9-11-13-20)24-17-15-22(19-26(24)29)31(7-3)8-4/h9-19,27H,5-8H2,1-4H3. The van der Waals surface area contributed by atoms with Gasteiger partial charge in [0.15, 0.2) is 0 Å². The van der Waals surface area contributed by atoms with E-state index in [1.54, 1.807) is 0 Å². The van der Waals surface area contributed by atoms with Gasteiger partial charge in [-0.05, 0) is 68.7 Å². The summed E-state index contributed by atoms with van der Waals surface area (Å²) in [6, 6.07) is 24.4. The van der Waals surface area contributed by atoms with Crippen molar-refractivity contribution in [2.75, 3.05) is 36.0 Å². The molecule has 0 aliphatic carbocycles. The highest BCUT2D eigenvalue weighted by atomic mass is 79.9. The molecular formula is C27H32Br2N2. The number of hydrogen-bond acceptors (Lipinski definition) is 2. The molecule has 0 aliphatic rings. The van der Waals surface area contributed by atoms with Crippen molar-refractivity contribution in [3.05, 3.63) is 92.4 Å². The maximum atomic E-state index is 3.90. The lowest BCUT2D eigenvalue weighted by molar-refractivity contribution is 0.861. The average molecular weight is 544 g/mol. The molecule has 164 valence electrons. The first-order valence-electron chi connectivity index (χ1n) is 11.2. The SMILES string of the molecule is CCN(CC)c1ccc(C(c2ccccc2)c2ccc(N(CC)CC)cc2Br)c(Br)c1. The number of rotatable bonds is 9. The smallest absolute Gasteiger partial charge is 0.0377 e. The van der Waals surface area contributed by atoms with Crippen molar-refractivity contribution in [1.29, 1.82) is 0 Å². The second kappa shape index (κ2) is 11.2. The average Bonchev–Trinajstić information content (AvgIpc) is 2.79. The summed E-state index contributed by atoms with van der Waals surface area (Å²) in [7, 11) is 0. The van der Waals surface area contributed by atoms with E-state index in [1.165, 1.54) is 28.1 Å². The molecule has 0 saturated carbocycles. The van der Waals surface area contributed by atoms with Crippen LogP contribution in [0, 0.1) is 0 Å². The van der Waals surface area contributed by atoms with Crippen molar-refractivity contribution in [2.45, 2.75) is 33.6 Å².